The van der Waals surface area contributed by atoms with Gasteiger partial charge in [0.15, 0.2) is 11.6 Å². The Morgan fingerprint density at radius 2 is 1.85 bits per heavy atom. The third-order valence-electron chi connectivity index (χ3n) is 3.48. The van der Waals surface area contributed by atoms with Crippen LogP contribution in [0.4, 0.5) is 18.9 Å². The minimum absolute atomic E-state index is 0.0833. The lowest BCUT2D eigenvalue weighted by Gasteiger charge is -2.22. The van der Waals surface area contributed by atoms with Crippen LogP contribution in [0.5, 0.6) is 11.5 Å². The van der Waals surface area contributed by atoms with Crippen molar-refractivity contribution in [3.63, 3.8) is 0 Å². The number of rotatable bonds is 5. The molecule has 0 spiro atoms. The van der Waals surface area contributed by atoms with E-state index in [-0.39, 0.29) is 11.4 Å². The second kappa shape index (κ2) is 6.72. The van der Waals surface area contributed by atoms with Gasteiger partial charge in [-0.05, 0) is 18.8 Å². The van der Waals surface area contributed by atoms with Gasteiger partial charge in [-0.1, -0.05) is 19.3 Å². The number of hydrogen-bond donors (Lipinski definition) is 1. The molecule has 20 heavy (non-hydrogen) atoms. The number of anilines is 1. The topological polar surface area (TPSA) is 44.5 Å². The van der Waals surface area contributed by atoms with Crippen molar-refractivity contribution in [2.75, 3.05) is 12.3 Å². The zero-order valence-corrected chi connectivity index (χ0v) is 11.1. The van der Waals surface area contributed by atoms with Gasteiger partial charge < -0.3 is 15.2 Å². The predicted octanol–water partition coefficient (Wildman–Crippen LogP) is 3.97. The maximum absolute atomic E-state index is 13.4. The molecule has 6 heteroatoms. The summed E-state index contributed by atoms with van der Waals surface area (Å²) in [6.45, 7) is -2.62. The van der Waals surface area contributed by atoms with Crippen LogP contribution in [0.1, 0.15) is 32.1 Å². The van der Waals surface area contributed by atoms with Gasteiger partial charge >= 0.3 is 6.61 Å². The highest BCUT2D eigenvalue weighted by Gasteiger charge is 2.17. The van der Waals surface area contributed by atoms with E-state index in [4.69, 9.17) is 10.5 Å². The fraction of sp³-hybridized carbons (Fsp3) is 0.571. The van der Waals surface area contributed by atoms with Gasteiger partial charge in [0.2, 0.25) is 0 Å². The molecule has 0 unspecified atom stereocenters. The summed E-state index contributed by atoms with van der Waals surface area (Å²) in [6.07, 6.45) is 5.75. The molecule has 0 bridgehead atoms. The quantitative estimate of drug-likeness (QED) is 0.834. The summed E-state index contributed by atoms with van der Waals surface area (Å²) in [5, 5.41) is 0. The van der Waals surface area contributed by atoms with E-state index in [1.807, 2.05) is 0 Å². The van der Waals surface area contributed by atoms with Gasteiger partial charge in [0.25, 0.3) is 0 Å². The number of nitrogens with two attached hydrogens (primary N) is 1. The maximum atomic E-state index is 13.4. The molecule has 1 fully saturated rings. The standard InChI is InChI=1S/C14H18F3NO2/c15-10-6-11(18)13(7-12(10)20-14(16)17)19-8-9-4-2-1-3-5-9/h6-7,9,14H,1-5,8,18H2. The van der Waals surface area contributed by atoms with Gasteiger partial charge in [-0.25, -0.2) is 4.39 Å². The van der Waals surface area contributed by atoms with Crippen LogP contribution in [0.2, 0.25) is 0 Å². The van der Waals surface area contributed by atoms with Crippen molar-refractivity contribution in [1.82, 2.24) is 0 Å². The van der Waals surface area contributed by atoms with Crippen molar-refractivity contribution in [1.29, 1.82) is 0 Å². The smallest absolute Gasteiger partial charge is 0.387 e. The Morgan fingerprint density at radius 3 is 2.50 bits per heavy atom. The molecule has 0 aromatic heterocycles. The molecule has 1 aromatic carbocycles. The highest BCUT2D eigenvalue weighted by Crippen LogP contribution is 2.32. The second-order valence-electron chi connectivity index (χ2n) is 5.01. The molecular weight excluding hydrogens is 271 g/mol. The van der Waals surface area contributed by atoms with E-state index >= 15 is 0 Å². The van der Waals surface area contributed by atoms with E-state index in [1.165, 1.54) is 19.3 Å². The largest absolute Gasteiger partial charge is 0.491 e. The monoisotopic (exact) mass is 289 g/mol. The van der Waals surface area contributed by atoms with Crippen molar-refractivity contribution >= 4 is 5.69 Å². The van der Waals surface area contributed by atoms with Crippen LogP contribution >= 0.6 is 0 Å². The zero-order chi connectivity index (χ0) is 14.5. The van der Waals surface area contributed by atoms with Crippen LogP contribution in [-0.4, -0.2) is 13.2 Å². The Labute approximate surface area is 115 Å². The normalized spacial score (nSPS) is 16.4. The lowest BCUT2D eigenvalue weighted by Crippen LogP contribution is -2.16. The second-order valence-corrected chi connectivity index (χ2v) is 5.01. The molecule has 2 N–H and O–H groups in total. The van der Waals surface area contributed by atoms with Gasteiger partial charge in [0.1, 0.15) is 5.75 Å². The first-order valence-corrected chi connectivity index (χ1v) is 6.73. The number of benzene rings is 1. The Morgan fingerprint density at radius 1 is 1.15 bits per heavy atom. The first-order chi connectivity index (χ1) is 9.56. The van der Waals surface area contributed by atoms with Crippen LogP contribution in [0.3, 0.4) is 0 Å². The number of alkyl halides is 2. The molecule has 1 aliphatic carbocycles. The number of hydrogen-bond acceptors (Lipinski definition) is 3. The van der Waals surface area contributed by atoms with Crippen molar-refractivity contribution < 1.29 is 22.6 Å². The molecule has 2 rings (SSSR count). The summed E-state index contributed by atoms with van der Waals surface area (Å²) in [5.74, 6) is -0.846. The van der Waals surface area contributed by atoms with Crippen molar-refractivity contribution in [2.45, 2.75) is 38.7 Å². The molecule has 0 radical (unpaired) electrons. The lowest BCUT2D eigenvalue weighted by atomic mass is 9.90. The minimum Gasteiger partial charge on any atom is -0.491 e. The van der Waals surface area contributed by atoms with Crippen LogP contribution in [-0.2, 0) is 0 Å². The number of halogens is 3. The molecule has 0 atom stereocenters. The van der Waals surface area contributed by atoms with Gasteiger partial charge in [0, 0.05) is 12.1 Å². The van der Waals surface area contributed by atoms with Gasteiger partial charge in [-0.15, -0.1) is 0 Å². The minimum atomic E-state index is -3.08. The summed E-state index contributed by atoms with van der Waals surface area (Å²) in [4.78, 5) is 0. The van der Waals surface area contributed by atoms with Crippen LogP contribution in [0.25, 0.3) is 0 Å². The van der Waals surface area contributed by atoms with Gasteiger partial charge in [-0.2, -0.15) is 8.78 Å². The lowest BCUT2D eigenvalue weighted by molar-refractivity contribution is -0.0523. The van der Waals surface area contributed by atoms with E-state index in [0.717, 1.165) is 25.0 Å². The zero-order valence-electron chi connectivity index (χ0n) is 11.1. The van der Waals surface area contributed by atoms with E-state index in [0.29, 0.717) is 12.5 Å². The summed E-state index contributed by atoms with van der Waals surface area (Å²) in [7, 11) is 0. The summed E-state index contributed by atoms with van der Waals surface area (Å²) in [6, 6.07) is 2.02. The SMILES string of the molecule is Nc1cc(F)c(OC(F)F)cc1OCC1CCCCC1. The molecule has 0 saturated heterocycles. The van der Waals surface area contributed by atoms with E-state index in [2.05, 4.69) is 4.74 Å². The first-order valence-electron chi connectivity index (χ1n) is 6.73. The highest BCUT2D eigenvalue weighted by atomic mass is 19.3. The predicted molar refractivity (Wildman–Crippen MR) is 69.5 cm³/mol. The van der Waals surface area contributed by atoms with Crippen molar-refractivity contribution in [3.05, 3.63) is 17.9 Å². The molecule has 1 aromatic rings. The Kier molecular flexibility index (Phi) is 4.98. The van der Waals surface area contributed by atoms with Crippen LogP contribution in [0, 0.1) is 11.7 Å². The summed E-state index contributed by atoms with van der Waals surface area (Å²) >= 11 is 0. The molecule has 3 nitrogen and oxygen atoms in total. The average molecular weight is 289 g/mol. The highest BCUT2D eigenvalue weighted by molar-refractivity contribution is 5.56. The number of nitrogen functional groups attached to an aromatic ring is 1. The van der Waals surface area contributed by atoms with E-state index < -0.39 is 18.2 Å². The fourth-order valence-electron chi connectivity index (χ4n) is 2.42. The van der Waals surface area contributed by atoms with E-state index in [9.17, 15) is 13.2 Å². The first kappa shape index (κ1) is 14.8. The fourth-order valence-corrected chi connectivity index (χ4v) is 2.42. The molecule has 0 heterocycles. The van der Waals surface area contributed by atoms with Crippen LogP contribution < -0.4 is 15.2 Å². The number of ether oxygens (including phenoxy) is 2. The molecule has 0 amide bonds. The van der Waals surface area contributed by atoms with E-state index in [1.54, 1.807) is 0 Å². The van der Waals surface area contributed by atoms with Gasteiger partial charge in [-0.3, -0.25) is 0 Å². The molecule has 1 aliphatic rings. The third-order valence-corrected chi connectivity index (χ3v) is 3.48. The summed E-state index contributed by atoms with van der Waals surface area (Å²) < 4.78 is 47.3. The maximum Gasteiger partial charge on any atom is 0.387 e. The summed E-state index contributed by atoms with van der Waals surface area (Å²) in [5.41, 5.74) is 5.71. The Balaban J connectivity index is 2.02. The Hall–Kier alpha value is -1.59. The Bertz CT molecular complexity index is 448. The third kappa shape index (κ3) is 3.95. The van der Waals surface area contributed by atoms with Crippen LogP contribution in [0.15, 0.2) is 12.1 Å². The molecular formula is C14H18F3NO2. The molecule has 112 valence electrons. The van der Waals surface area contributed by atoms with Gasteiger partial charge in [0.05, 0.1) is 12.3 Å². The molecule has 1 saturated carbocycles. The average Bonchev–Trinajstić information content (AvgIpc) is 2.41. The van der Waals surface area contributed by atoms with Crippen molar-refractivity contribution in [2.24, 2.45) is 5.92 Å². The van der Waals surface area contributed by atoms with Crippen molar-refractivity contribution in [3.8, 4) is 11.5 Å². The molecule has 0 aliphatic heterocycles.